The number of nitrogens with one attached hydrogen (secondary N) is 1. The molecule has 4 aromatic carbocycles. The van der Waals surface area contributed by atoms with Gasteiger partial charge in [-0.15, -0.1) is 0 Å². The maximum Gasteiger partial charge on any atom is 0.123 e. The molecule has 0 amide bonds. The van der Waals surface area contributed by atoms with Crippen molar-refractivity contribution in [1.82, 2.24) is 10.2 Å². The first-order valence-electron chi connectivity index (χ1n) is 15.5. The van der Waals surface area contributed by atoms with Gasteiger partial charge in [0.1, 0.15) is 11.4 Å². The number of benzene rings is 4. The zero-order chi connectivity index (χ0) is 30.9. The van der Waals surface area contributed by atoms with Crippen LogP contribution in [0.15, 0.2) is 91.0 Å². The van der Waals surface area contributed by atoms with Crippen LogP contribution >= 0.6 is 0 Å². The second-order valence-electron chi connectivity index (χ2n) is 11.9. The molecule has 0 fully saturated rings. The van der Waals surface area contributed by atoms with E-state index in [-0.39, 0.29) is 5.82 Å². The standard InChI is InChI=1S/C20H21FN2O.C19H21N/c1-23(2)11-3-10-20(17-5-7-18(21)8-6-17)19-9-4-15(13-22)12-16(19)14-24-20;1-20-14-6-11-19-17-9-4-2-7-15(17)12-13-16-8-3-5-10-18(16)19/h4-9,12H,3,10-11,14H2,1-2H3;2-5,7-10,12-13,19-20H,6,11,14H2,1H3. The molecule has 0 radical (unpaired) electrons. The summed E-state index contributed by atoms with van der Waals surface area (Å²) in [5.74, 6) is 0.256. The van der Waals surface area contributed by atoms with E-state index >= 15 is 0 Å². The zero-order valence-electron chi connectivity index (χ0n) is 26.0. The lowest BCUT2D eigenvalue weighted by molar-refractivity contribution is -0.0140. The quantitative estimate of drug-likeness (QED) is 0.201. The Balaban J connectivity index is 0.000000177. The molecule has 0 bridgehead atoms. The second-order valence-corrected chi connectivity index (χ2v) is 11.9. The van der Waals surface area contributed by atoms with Crippen LogP contribution in [0.25, 0.3) is 12.2 Å². The van der Waals surface area contributed by atoms with Gasteiger partial charge < -0.3 is 15.0 Å². The maximum atomic E-state index is 13.4. The average Bonchev–Trinajstić information content (AvgIpc) is 3.33. The number of nitrogens with zero attached hydrogens (tertiary/aromatic N) is 2. The third kappa shape index (κ3) is 7.00. The van der Waals surface area contributed by atoms with Gasteiger partial charge in [-0.05, 0) is 123 Å². The first-order chi connectivity index (χ1) is 21.4. The van der Waals surface area contributed by atoms with Gasteiger partial charge in [0.2, 0.25) is 0 Å². The van der Waals surface area contributed by atoms with Crippen LogP contribution in [0.1, 0.15) is 76.1 Å². The summed E-state index contributed by atoms with van der Waals surface area (Å²) in [6, 6.07) is 32.0. The molecule has 0 aromatic heterocycles. The van der Waals surface area contributed by atoms with Gasteiger partial charge in [-0.25, -0.2) is 4.39 Å². The van der Waals surface area contributed by atoms with Crippen LogP contribution in [0.4, 0.5) is 4.39 Å². The van der Waals surface area contributed by atoms with Crippen LogP contribution in [-0.4, -0.2) is 39.1 Å². The van der Waals surface area contributed by atoms with Crippen LogP contribution < -0.4 is 5.32 Å². The lowest BCUT2D eigenvalue weighted by Gasteiger charge is -2.31. The van der Waals surface area contributed by atoms with E-state index in [2.05, 4.69) is 77.0 Å². The highest BCUT2D eigenvalue weighted by molar-refractivity contribution is 5.76. The zero-order valence-corrected chi connectivity index (χ0v) is 26.0. The molecule has 0 saturated carbocycles. The van der Waals surface area contributed by atoms with Gasteiger partial charge in [-0.3, -0.25) is 0 Å². The van der Waals surface area contributed by atoms with E-state index in [4.69, 9.17) is 10.00 Å². The first kappa shape index (κ1) is 31.3. The monoisotopic (exact) mass is 587 g/mol. The van der Waals surface area contributed by atoms with Gasteiger partial charge in [0.25, 0.3) is 0 Å². The van der Waals surface area contributed by atoms with Gasteiger partial charge in [0, 0.05) is 5.92 Å². The molecule has 0 saturated heterocycles. The van der Waals surface area contributed by atoms with Gasteiger partial charge in [0.05, 0.1) is 18.2 Å². The highest BCUT2D eigenvalue weighted by Crippen LogP contribution is 2.45. The van der Waals surface area contributed by atoms with Crippen LogP contribution in [0, 0.1) is 17.1 Å². The molecule has 2 aliphatic rings. The van der Waals surface area contributed by atoms with Crippen LogP contribution in [0.2, 0.25) is 0 Å². The predicted octanol–water partition coefficient (Wildman–Crippen LogP) is 8.11. The van der Waals surface area contributed by atoms with E-state index in [1.165, 1.54) is 47.2 Å². The van der Waals surface area contributed by atoms with E-state index in [0.717, 1.165) is 42.6 Å². The summed E-state index contributed by atoms with van der Waals surface area (Å²) < 4.78 is 19.6. The molecule has 1 aliphatic heterocycles. The Labute approximate surface area is 261 Å². The van der Waals surface area contributed by atoms with Crippen molar-refractivity contribution in [3.63, 3.8) is 0 Å². The third-order valence-corrected chi connectivity index (χ3v) is 8.69. The molecule has 226 valence electrons. The molecule has 1 N–H and O–H groups in total. The van der Waals surface area contributed by atoms with E-state index in [0.29, 0.717) is 18.1 Å². The van der Waals surface area contributed by atoms with Gasteiger partial charge in [-0.1, -0.05) is 78.9 Å². The summed E-state index contributed by atoms with van der Waals surface area (Å²) >= 11 is 0. The van der Waals surface area contributed by atoms with E-state index in [1.807, 2.05) is 39.3 Å². The van der Waals surface area contributed by atoms with Crippen molar-refractivity contribution in [1.29, 1.82) is 5.26 Å². The molecular formula is C39H42FN3O. The number of halogens is 1. The third-order valence-electron chi connectivity index (χ3n) is 8.69. The molecule has 44 heavy (non-hydrogen) atoms. The Hall–Kier alpha value is -4.08. The Bertz CT molecular complexity index is 1570. The van der Waals surface area contributed by atoms with Crippen molar-refractivity contribution in [3.8, 4) is 6.07 Å². The van der Waals surface area contributed by atoms with Crippen LogP contribution in [0.3, 0.4) is 0 Å². The fourth-order valence-electron chi connectivity index (χ4n) is 6.51. The van der Waals surface area contributed by atoms with Crippen molar-refractivity contribution in [2.75, 3.05) is 34.2 Å². The predicted molar refractivity (Wildman–Crippen MR) is 178 cm³/mol. The SMILES string of the molecule is CN(C)CCCC1(c2ccc(F)cc2)OCc2cc(C#N)ccc21.CNCCCC1c2ccccc2C=Cc2ccccc21. The summed E-state index contributed by atoms with van der Waals surface area (Å²) in [5, 5.41) is 12.4. The van der Waals surface area contributed by atoms with Crippen molar-refractivity contribution in [2.24, 2.45) is 0 Å². The summed E-state index contributed by atoms with van der Waals surface area (Å²) in [6.45, 7) is 2.51. The molecule has 1 aliphatic carbocycles. The Morgan fingerprint density at radius 2 is 1.57 bits per heavy atom. The topological polar surface area (TPSA) is 48.3 Å². The molecule has 0 spiro atoms. The van der Waals surface area contributed by atoms with Crippen molar-refractivity contribution in [3.05, 3.63) is 141 Å². The van der Waals surface area contributed by atoms with E-state index in [9.17, 15) is 4.39 Å². The molecule has 4 nitrogen and oxygen atoms in total. The molecular weight excluding hydrogens is 545 g/mol. The minimum atomic E-state index is -0.562. The van der Waals surface area contributed by atoms with Gasteiger partial charge >= 0.3 is 0 Å². The summed E-state index contributed by atoms with van der Waals surface area (Å²) in [7, 11) is 6.12. The Morgan fingerprint density at radius 1 is 0.909 bits per heavy atom. The van der Waals surface area contributed by atoms with Gasteiger partial charge in [-0.2, -0.15) is 5.26 Å². The first-order valence-corrected chi connectivity index (χ1v) is 15.5. The molecule has 4 aromatic rings. The number of hydrogen-bond acceptors (Lipinski definition) is 4. The van der Waals surface area contributed by atoms with Crippen molar-refractivity contribution in [2.45, 2.75) is 43.8 Å². The maximum absolute atomic E-state index is 13.4. The second kappa shape index (κ2) is 14.6. The largest absolute Gasteiger partial charge is 0.361 e. The lowest BCUT2D eigenvalue weighted by Crippen LogP contribution is -2.28. The summed E-state index contributed by atoms with van der Waals surface area (Å²) in [6.07, 6.45) is 8.68. The average molecular weight is 588 g/mol. The number of fused-ring (bicyclic) bond motifs is 3. The lowest BCUT2D eigenvalue weighted by atomic mass is 9.81. The highest BCUT2D eigenvalue weighted by atomic mass is 19.1. The molecule has 5 heteroatoms. The van der Waals surface area contributed by atoms with Gasteiger partial charge in [0.15, 0.2) is 0 Å². The van der Waals surface area contributed by atoms with Crippen LogP contribution in [-0.2, 0) is 16.9 Å². The van der Waals surface area contributed by atoms with E-state index < -0.39 is 5.60 Å². The molecule has 1 unspecified atom stereocenters. The van der Waals surface area contributed by atoms with Crippen molar-refractivity contribution < 1.29 is 9.13 Å². The Kier molecular flexibility index (Phi) is 10.4. The van der Waals surface area contributed by atoms with Crippen LogP contribution in [0.5, 0.6) is 0 Å². The fourth-order valence-corrected chi connectivity index (χ4v) is 6.51. The number of nitriles is 1. The number of hydrogen-bond donors (Lipinski definition) is 1. The highest BCUT2D eigenvalue weighted by Gasteiger charge is 2.41. The number of ether oxygens (including phenoxy) is 1. The smallest absolute Gasteiger partial charge is 0.123 e. The minimum absolute atomic E-state index is 0.250. The number of rotatable bonds is 9. The van der Waals surface area contributed by atoms with Crippen molar-refractivity contribution >= 4 is 12.2 Å². The minimum Gasteiger partial charge on any atom is -0.361 e. The Morgan fingerprint density at radius 3 is 2.18 bits per heavy atom. The summed E-state index contributed by atoms with van der Waals surface area (Å²) in [5.41, 5.74) is 8.82. The fraction of sp³-hybridized carbons (Fsp3) is 0.308. The van der Waals surface area contributed by atoms with E-state index in [1.54, 1.807) is 12.1 Å². The molecule has 1 heterocycles. The normalized spacial score (nSPS) is 16.7. The summed E-state index contributed by atoms with van der Waals surface area (Å²) in [4.78, 5) is 2.15. The molecule has 1 atom stereocenters. The molecule has 6 rings (SSSR count).